The van der Waals surface area contributed by atoms with Gasteiger partial charge in [0.2, 0.25) is 6.43 Å². The number of halogens is 2. The number of rotatable bonds is 4. The van der Waals surface area contributed by atoms with Crippen molar-refractivity contribution in [3.63, 3.8) is 0 Å². The fourth-order valence-corrected chi connectivity index (χ4v) is 2.70. The number of nitrogens with zero attached hydrogens (tertiary/aromatic N) is 2. The number of hydrogen-bond acceptors (Lipinski definition) is 3. The summed E-state index contributed by atoms with van der Waals surface area (Å²) in [5, 5.41) is 9.77. The van der Waals surface area contributed by atoms with Crippen molar-refractivity contribution < 1.29 is 18.7 Å². The summed E-state index contributed by atoms with van der Waals surface area (Å²) in [4.78, 5) is 17.3. The van der Waals surface area contributed by atoms with E-state index >= 15 is 0 Å². The van der Waals surface area contributed by atoms with E-state index in [2.05, 4.69) is 4.98 Å². The molecule has 1 aromatic heterocycles. The first kappa shape index (κ1) is 13.7. The van der Waals surface area contributed by atoms with E-state index in [0.717, 1.165) is 5.69 Å². The third-order valence-electron chi connectivity index (χ3n) is 3.79. The Morgan fingerprint density at radius 3 is 2.81 bits per heavy atom. The van der Waals surface area contributed by atoms with E-state index in [1.54, 1.807) is 12.1 Å². The number of carbonyl (C=O) groups is 1. The lowest BCUT2D eigenvalue weighted by Gasteiger charge is -2.41. The van der Waals surface area contributed by atoms with Gasteiger partial charge in [0.15, 0.2) is 0 Å². The molecule has 0 atom stereocenters. The fraction of sp³-hybridized carbons (Fsp3) is 0.333. The lowest BCUT2D eigenvalue weighted by Crippen LogP contribution is -2.47. The minimum absolute atomic E-state index is 0.00791. The highest BCUT2D eigenvalue weighted by atomic mass is 19.3. The first-order valence-electron chi connectivity index (χ1n) is 6.70. The minimum Gasteiger partial charge on any atom is -0.478 e. The van der Waals surface area contributed by atoms with Crippen molar-refractivity contribution in [3.8, 4) is 0 Å². The van der Waals surface area contributed by atoms with Crippen LogP contribution in [-0.2, 0) is 0 Å². The Bertz CT molecular complexity index is 684. The average molecular weight is 292 g/mol. The van der Waals surface area contributed by atoms with Gasteiger partial charge >= 0.3 is 5.97 Å². The van der Waals surface area contributed by atoms with Crippen molar-refractivity contribution in [2.24, 2.45) is 5.92 Å². The second-order valence-electron chi connectivity index (χ2n) is 5.26. The van der Waals surface area contributed by atoms with Gasteiger partial charge in [-0.3, -0.25) is 4.98 Å². The third kappa shape index (κ3) is 2.66. The van der Waals surface area contributed by atoms with E-state index in [-0.39, 0.29) is 17.9 Å². The summed E-state index contributed by atoms with van der Waals surface area (Å²) in [5.41, 5.74) is 1.67. The maximum atomic E-state index is 12.3. The molecule has 1 N–H and O–H groups in total. The van der Waals surface area contributed by atoms with Gasteiger partial charge in [-0.2, -0.15) is 0 Å². The number of aromatic nitrogens is 1. The van der Waals surface area contributed by atoms with Gasteiger partial charge in [-0.25, -0.2) is 13.6 Å². The van der Waals surface area contributed by atoms with Crippen LogP contribution in [0.25, 0.3) is 10.9 Å². The summed E-state index contributed by atoms with van der Waals surface area (Å²) in [7, 11) is 0. The predicted octanol–water partition coefficient (Wildman–Crippen LogP) is 3.02. The Hall–Kier alpha value is -2.24. The zero-order chi connectivity index (χ0) is 15.0. The molecule has 0 radical (unpaired) electrons. The van der Waals surface area contributed by atoms with Crippen LogP contribution in [-0.4, -0.2) is 35.6 Å². The van der Waals surface area contributed by atoms with Crippen molar-refractivity contribution in [1.29, 1.82) is 0 Å². The molecule has 1 saturated heterocycles. The molecule has 1 aliphatic heterocycles. The molecule has 0 unspecified atom stereocenters. The summed E-state index contributed by atoms with van der Waals surface area (Å²) in [6.07, 6.45) is -0.878. The maximum Gasteiger partial charge on any atom is 0.336 e. The van der Waals surface area contributed by atoms with Crippen LogP contribution in [0.15, 0.2) is 30.5 Å². The van der Waals surface area contributed by atoms with Crippen molar-refractivity contribution in [2.45, 2.75) is 12.8 Å². The van der Waals surface area contributed by atoms with E-state index in [1.807, 2.05) is 11.0 Å². The van der Waals surface area contributed by atoms with Crippen LogP contribution < -0.4 is 4.90 Å². The minimum atomic E-state index is -2.27. The Morgan fingerprint density at radius 2 is 2.14 bits per heavy atom. The van der Waals surface area contributed by atoms with Crippen LogP contribution in [0.5, 0.6) is 0 Å². The summed E-state index contributed by atoms with van der Waals surface area (Å²) in [6.45, 7) is 1.16. The van der Waals surface area contributed by atoms with E-state index < -0.39 is 12.4 Å². The van der Waals surface area contributed by atoms with Gasteiger partial charge in [0.25, 0.3) is 0 Å². The van der Waals surface area contributed by atoms with Crippen LogP contribution in [0, 0.1) is 5.92 Å². The molecule has 0 amide bonds. The first-order chi connectivity index (χ1) is 10.0. The summed E-state index contributed by atoms with van der Waals surface area (Å²) in [5.74, 6) is -0.993. The molecule has 0 spiro atoms. The molecule has 3 rings (SSSR count). The lowest BCUT2D eigenvalue weighted by molar-refractivity contribution is 0.0699. The molecule has 2 heterocycles. The number of carboxylic acids is 1. The number of fused-ring (bicyclic) bond motifs is 1. The highest BCUT2D eigenvalue weighted by Gasteiger charge is 2.29. The molecule has 1 aromatic carbocycles. The molecule has 6 heteroatoms. The number of pyridine rings is 1. The van der Waals surface area contributed by atoms with E-state index in [9.17, 15) is 18.7 Å². The van der Waals surface area contributed by atoms with Crippen LogP contribution in [0.4, 0.5) is 14.5 Å². The maximum absolute atomic E-state index is 12.3. The van der Waals surface area contributed by atoms with E-state index in [0.29, 0.717) is 24.0 Å². The summed E-state index contributed by atoms with van der Waals surface area (Å²) >= 11 is 0. The molecule has 0 saturated carbocycles. The number of carboxylic acid groups (broad SMARTS) is 1. The normalized spacial score (nSPS) is 15.5. The molecule has 21 heavy (non-hydrogen) atoms. The fourth-order valence-electron chi connectivity index (χ4n) is 2.70. The van der Waals surface area contributed by atoms with Gasteiger partial charge in [0.1, 0.15) is 0 Å². The standard InChI is InChI=1S/C15H14F2N2O2/c16-14(17)5-9-7-19(8-9)10-1-2-13-12(6-10)11(15(20)21)3-4-18-13/h1-4,6,9,14H,5,7-8H2,(H,20,21). The van der Waals surface area contributed by atoms with Gasteiger partial charge in [-0.05, 0) is 30.2 Å². The first-order valence-corrected chi connectivity index (χ1v) is 6.70. The zero-order valence-electron chi connectivity index (χ0n) is 11.2. The summed E-state index contributed by atoms with van der Waals surface area (Å²) in [6, 6.07) is 6.84. The zero-order valence-corrected chi connectivity index (χ0v) is 11.2. The molecule has 1 fully saturated rings. The highest BCUT2D eigenvalue weighted by molar-refractivity contribution is 6.03. The SMILES string of the molecule is O=C(O)c1ccnc2ccc(N3CC(CC(F)F)C3)cc12. The second kappa shape index (κ2) is 5.27. The monoisotopic (exact) mass is 292 g/mol. The number of aromatic carboxylic acids is 1. The summed E-state index contributed by atoms with van der Waals surface area (Å²) < 4.78 is 24.6. The topological polar surface area (TPSA) is 53.4 Å². The predicted molar refractivity (Wildman–Crippen MR) is 75.0 cm³/mol. The third-order valence-corrected chi connectivity index (χ3v) is 3.79. The van der Waals surface area contributed by atoms with Crippen molar-refractivity contribution in [2.75, 3.05) is 18.0 Å². The molecular formula is C15H14F2N2O2. The van der Waals surface area contributed by atoms with Gasteiger partial charge in [-0.1, -0.05) is 0 Å². The Kier molecular flexibility index (Phi) is 3.45. The Morgan fingerprint density at radius 1 is 1.38 bits per heavy atom. The second-order valence-corrected chi connectivity index (χ2v) is 5.26. The van der Waals surface area contributed by atoms with Gasteiger partial charge < -0.3 is 10.0 Å². The molecular weight excluding hydrogens is 278 g/mol. The number of alkyl halides is 2. The van der Waals surface area contributed by atoms with Gasteiger partial charge in [0.05, 0.1) is 11.1 Å². The number of benzene rings is 1. The highest BCUT2D eigenvalue weighted by Crippen LogP contribution is 2.31. The molecule has 0 bridgehead atoms. The average Bonchev–Trinajstić information content (AvgIpc) is 2.40. The van der Waals surface area contributed by atoms with Crippen LogP contribution in [0.3, 0.4) is 0 Å². The Labute approximate surface area is 120 Å². The number of anilines is 1. The van der Waals surface area contributed by atoms with Crippen molar-refractivity contribution in [3.05, 3.63) is 36.0 Å². The van der Waals surface area contributed by atoms with Crippen LogP contribution in [0.2, 0.25) is 0 Å². The van der Waals surface area contributed by atoms with E-state index in [1.165, 1.54) is 12.3 Å². The Balaban J connectivity index is 1.85. The largest absolute Gasteiger partial charge is 0.478 e. The molecule has 0 aliphatic carbocycles. The smallest absolute Gasteiger partial charge is 0.336 e. The lowest BCUT2D eigenvalue weighted by atomic mass is 9.95. The van der Waals surface area contributed by atoms with Gasteiger partial charge in [0, 0.05) is 36.8 Å². The van der Waals surface area contributed by atoms with Crippen LogP contribution in [0.1, 0.15) is 16.8 Å². The van der Waals surface area contributed by atoms with Crippen molar-refractivity contribution >= 4 is 22.6 Å². The molecule has 2 aromatic rings. The van der Waals surface area contributed by atoms with Crippen molar-refractivity contribution in [1.82, 2.24) is 4.98 Å². The van der Waals surface area contributed by atoms with Crippen LogP contribution >= 0.6 is 0 Å². The molecule has 1 aliphatic rings. The molecule has 110 valence electrons. The molecule has 4 nitrogen and oxygen atoms in total. The quantitative estimate of drug-likeness (QED) is 0.941. The van der Waals surface area contributed by atoms with E-state index in [4.69, 9.17) is 0 Å². The number of hydrogen-bond donors (Lipinski definition) is 1. The van der Waals surface area contributed by atoms with Gasteiger partial charge in [-0.15, -0.1) is 0 Å².